The smallest absolute Gasteiger partial charge is 0.229 e. The van der Waals surface area contributed by atoms with Gasteiger partial charge in [-0.25, -0.2) is 0 Å². The fourth-order valence-electron chi connectivity index (χ4n) is 3.87. The number of fused-ring (bicyclic) bond motifs is 1. The lowest BCUT2D eigenvalue weighted by Crippen LogP contribution is -2.50. The minimum Gasteiger partial charge on any atom is -0.354 e. The zero-order valence-electron chi connectivity index (χ0n) is 14.3. The van der Waals surface area contributed by atoms with Gasteiger partial charge in [0, 0.05) is 19.1 Å². The molecular formula is C16H29Cl2N5O. The number of nitrogens with one attached hydrogen (secondary N) is 1. The van der Waals surface area contributed by atoms with Crippen molar-refractivity contribution in [1.82, 2.24) is 20.3 Å². The van der Waals surface area contributed by atoms with Gasteiger partial charge in [0.1, 0.15) is 0 Å². The highest BCUT2D eigenvalue weighted by Gasteiger charge is 2.33. The standard InChI is InChI=1S/C16H27N5O.2ClH/c1-21-14-12(7-6-8-13(14)19-20-21)15(22)18-11-16(17)9-4-2-3-5-10-16;;/h12H,2-11,17H2,1H3,(H,18,22);2*1H/t12-;;/m1../s1. The molecule has 1 aromatic heterocycles. The van der Waals surface area contributed by atoms with Crippen LogP contribution in [0, 0.1) is 0 Å². The Bertz CT molecular complexity index is 541. The molecule has 0 aromatic carbocycles. The minimum absolute atomic E-state index is 0. The third-order valence-corrected chi connectivity index (χ3v) is 5.21. The number of hydrogen-bond donors (Lipinski definition) is 2. The molecule has 8 heteroatoms. The summed E-state index contributed by atoms with van der Waals surface area (Å²) in [6.07, 6.45) is 9.69. The van der Waals surface area contributed by atoms with E-state index in [0.29, 0.717) is 6.54 Å². The molecule has 1 atom stereocenters. The second-order valence-electron chi connectivity index (χ2n) is 6.98. The molecule has 1 heterocycles. The molecule has 138 valence electrons. The number of hydrogen-bond acceptors (Lipinski definition) is 4. The first-order valence-corrected chi connectivity index (χ1v) is 8.54. The van der Waals surface area contributed by atoms with Gasteiger partial charge >= 0.3 is 0 Å². The van der Waals surface area contributed by atoms with Crippen LogP contribution in [-0.2, 0) is 18.3 Å². The van der Waals surface area contributed by atoms with E-state index in [-0.39, 0.29) is 42.2 Å². The summed E-state index contributed by atoms with van der Waals surface area (Å²) >= 11 is 0. The van der Waals surface area contributed by atoms with Crippen molar-refractivity contribution in [3.05, 3.63) is 11.4 Å². The molecule has 3 rings (SSSR count). The summed E-state index contributed by atoms with van der Waals surface area (Å²) in [7, 11) is 1.87. The number of amides is 1. The molecule has 1 saturated carbocycles. The lowest BCUT2D eigenvalue weighted by atomic mass is 9.87. The number of halogens is 2. The van der Waals surface area contributed by atoms with Crippen LogP contribution in [0.15, 0.2) is 0 Å². The van der Waals surface area contributed by atoms with Crippen LogP contribution in [0.5, 0.6) is 0 Å². The van der Waals surface area contributed by atoms with Gasteiger partial charge in [0.15, 0.2) is 0 Å². The van der Waals surface area contributed by atoms with Crippen LogP contribution in [0.2, 0.25) is 0 Å². The molecule has 0 spiro atoms. The largest absolute Gasteiger partial charge is 0.354 e. The number of nitrogens with zero attached hydrogens (tertiary/aromatic N) is 3. The lowest BCUT2D eigenvalue weighted by Gasteiger charge is -2.30. The van der Waals surface area contributed by atoms with E-state index in [9.17, 15) is 4.79 Å². The molecule has 3 N–H and O–H groups in total. The Hall–Kier alpha value is -0.850. The number of aryl methyl sites for hydroxylation is 2. The predicted octanol–water partition coefficient (Wildman–Crippen LogP) is 2.25. The second-order valence-corrected chi connectivity index (χ2v) is 6.98. The first kappa shape index (κ1) is 21.2. The molecule has 1 amide bonds. The van der Waals surface area contributed by atoms with Gasteiger partial charge in [-0.3, -0.25) is 9.48 Å². The molecule has 0 unspecified atom stereocenters. The Morgan fingerprint density at radius 3 is 2.58 bits per heavy atom. The Labute approximate surface area is 156 Å². The van der Waals surface area contributed by atoms with Crippen molar-refractivity contribution in [3.8, 4) is 0 Å². The van der Waals surface area contributed by atoms with Gasteiger partial charge in [-0.2, -0.15) is 0 Å². The van der Waals surface area contributed by atoms with E-state index >= 15 is 0 Å². The zero-order chi connectivity index (χ0) is 15.6. The van der Waals surface area contributed by atoms with E-state index in [2.05, 4.69) is 15.6 Å². The maximum atomic E-state index is 12.6. The molecule has 6 nitrogen and oxygen atoms in total. The first-order chi connectivity index (χ1) is 10.6. The van der Waals surface area contributed by atoms with E-state index in [1.165, 1.54) is 25.7 Å². The highest BCUT2D eigenvalue weighted by atomic mass is 35.5. The number of carbonyl (C=O) groups is 1. The van der Waals surface area contributed by atoms with Gasteiger partial charge in [0.25, 0.3) is 0 Å². The molecule has 2 aliphatic rings. The van der Waals surface area contributed by atoms with Gasteiger partial charge < -0.3 is 11.1 Å². The van der Waals surface area contributed by atoms with Crippen molar-refractivity contribution < 1.29 is 4.79 Å². The fourth-order valence-corrected chi connectivity index (χ4v) is 3.87. The van der Waals surface area contributed by atoms with E-state index in [4.69, 9.17) is 5.73 Å². The molecule has 0 saturated heterocycles. The van der Waals surface area contributed by atoms with Crippen LogP contribution in [-0.4, -0.2) is 33.0 Å². The van der Waals surface area contributed by atoms with Gasteiger partial charge in [-0.15, -0.1) is 29.9 Å². The minimum atomic E-state index is -0.228. The summed E-state index contributed by atoms with van der Waals surface area (Å²) in [6.45, 7) is 0.586. The van der Waals surface area contributed by atoms with Crippen molar-refractivity contribution in [2.24, 2.45) is 12.8 Å². The molecule has 1 fully saturated rings. The molecule has 0 radical (unpaired) electrons. The van der Waals surface area contributed by atoms with Gasteiger partial charge in [-0.1, -0.05) is 30.9 Å². The Morgan fingerprint density at radius 2 is 1.92 bits per heavy atom. The number of nitrogens with two attached hydrogens (primary N) is 1. The maximum Gasteiger partial charge on any atom is 0.229 e. The highest BCUT2D eigenvalue weighted by molar-refractivity contribution is 5.85. The van der Waals surface area contributed by atoms with Gasteiger partial charge in [0.2, 0.25) is 5.91 Å². The monoisotopic (exact) mass is 377 g/mol. The summed E-state index contributed by atoms with van der Waals surface area (Å²) in [5, 5.41) is 11.4. The summed E-state index contributed by atoms with van der Waals surface area (Å²) in [5.41, 5.74) is 8.23. The van der Waals surface area contributed by atoms with Crippen LogP contribution in [0.4, 0.5) is 0 Å². The van der Waals surface area contributed by atoms with E-state index in [1.54, 1.807) is 4.68 Å². The van der Waals surface area contributed by atoms with Crippen molar-refractivity contribution >= 4 is 30.7 Å². The van der Waals surface area contributed by atoms with Crippen molar-refractivity contribution in [2.45, 2.75) is 69.2 Å². The quantitative estimate of drug-likeness (QED) is 0.790. The average molecular weight is 378 g/mol. The highest BCUT2D eigenvalue weighted by Crippen LogP contribution is 2.30. The Morgan fingerprint density at radius 1 is 1.25 bits per heavy atom. The predicted molar refractivity (Wildman–Crippen MR) is 98.8 cm³/mol. The second kappa shape index (κ2) is 9.02. The average Bonchev–Trinajstić information content (AvgIpc) is 2.76. The lowest BCUT2D eigenvalue weighted by molar-refractivity contribution is -0.123. The molecule has 0 bridgehead atoms. The zero-order valence-corrected chi connectivity index (χ0v) is 15.9. The SMILES string of the molecule is Cl.Cl.Cn1nnc2c1[C@H](C(=O)NCC1(N)CCCCCC1)CCC2. The van der Waals surface area contributed by atoms with Crippen LogP contribution in [0.1, 0.15) is 68.7 Å². The first-order valence-electron chi connectivity index (χ1n) is 8.54. The topological polar surface area (TPSA) is 85.8 Å². The number of carbonyl (C=O) groups excluding carboxylic acids is 1. The van der Waals surface area contributed by atoms with Gasteiger partial charge in [-0.05, 0) is 32.1 Å². The van der Waals surface area contributed by atoms with Crippen LogP contribution >= 0.6 is 24.8 Å². The molecule has 1 aromatic rings. The number of aromatic nitrogens is 3. The summed E-state index contributed by atoms with van der Waals surface area (Å²) < 4.78 is 1.75. The summed E-state index contributed by atoms with van der Waals surface area (Å²) in [4.78, 5) is 12.6. The van der Waals surface area contributed by atoms with Crippen molar-refractivity contribution in [1.29, 1.82) is 0 Å². The van der Waals surface area contributed by atoms with Crippen LogP contribution in [0.25, 0.3) is 0 Å². The van der Waals surface area contributed by atoms with E-state index in [1.807, 2.05) is 7.05 Å². The van der Waals surface area contributed by atoms with Gasteiger partial charge in [0.05, 0.1) is 17.3 Å². The van der Waals surface area contributed by atoms with Crippen LogP contribution in [0.3, 0.4) is 0 Å². The molecule has 2 aliphatic carbocycles. The third-order valence-electron chi connectivity index (χ3n) is 5.21. The van der Waals surface area contributed by atoms with Crippen LogP contribution < -0.4 is 11.1 Å². The molecule has 0 aliphatic heterocycles. The summed E-state index contributed by atoms with van der Waals surface area (Å²) in [6, 6.07) is 0. The Balaban J connectivity index is 0.00000144. The van der Waals surface area contributed by atoms with E-state index in [0.717, 1.165) is 43.5 Å². The number of rotatable bonds is 3. The third kappa shape index (κ3) is 4.61. The Kier molecular flexibility index (Phi) is 7.96. The van der Waals surface area contributed by atoms with E-state index < -0.39 is 0 Å². The fraction of sp³-hybridized carbons (Fsp3) is 0.812. The maximum absolute atomic E-state index is 12.6. The molecule has 24 heavy (non-hydrogen) atoms. The molecular weight excluding hydrogens is 349 g/mol. The normalized spacial score (nSPS) is 22.3. The van der Waals surface area contributed by atoms with Crippen molar-refractivity contribution in [2.75, 3.05) is 6.54 Å². The van der Waals surface area contributed by atoms with Crippen molar-refractivity contribution in [3.63, 3.8) is 0 Å². The summed E-state index contributed by atoms with van der Waals surface area (Å²) in [5.74, 6) is -0.0430.